The van der Waals surface area contributed by atoms with Crippen LogP contribution in [-0.4, -0.2) is 11.7 Å². The molecule has 0 bridgehead atoms. The van der Waals surface area contributed by atoms with E-state index >= 15 is 0 Å². The van der Waals surface area contributed by atoms with E-state index in [2.05, 4.69) is 4.99 Å². The lowest BCUT2D eigenvalue weighted by molar-refractivity contribution is -0.113. The second-order valence-electron chi connectivity index (χ2n) is 6.59. The van der Waals surface area contributed by atoms with Crippen molar-refractivity contribution in [1.29, 1.82) is 0 Å². The van der Waals surface area contributed by atoms with Crippen LogP contribution in [0.4, 0.5) is 5.69 Å². The van der Waals surface area contributed by atoms with Gasteiger partial charge in [0, 0.05) is 15.6 Å². The molecule has 0 aliphatic carbocycles. The lowest BCUT2D eigenvalue weighted by Gasteiger charge is -2.19. The molecule has 144 valence electrons. The minimum Gasteiger partial charge on any atom is -0.266 e. The van der Waals surface area contributed by atoms with Crippen molar-refractivity contribution >= 4 is 58.3 Å². The molecule has 0 aromatic heterocycles. The monoisotopic (exact) mass is 440 g/mol. The Morgan fingerprint density at radius 2 is 1.69 bits per heavy atom. The third kappa shape index (κ3) is 3.95. The van der Waals surface area contributed by atoms with E-state index in [0.717, 1.165) is 11.3 Å². The molecule has 0 N–H and O–H groups in total. The van der Waals surface area contributed by atoms with Crippen LogP contribution in [0.5, 0.6) is 0 Å². The molecule has 3 aromatic rings. The number of aliphatic imine (C=N–C) groups is 1. The fourth-order valence-corrected chi connectivity index (χ4v) is 3.80. The van der Waals surface area contributed by atoms with Crippen LogP contribution < -0.4 is 4.90 Å². The molecule has 0 saturated carbocycles. The molecular formula is C23H15Cl3N2O. The first-order valence-electron chi connectivity index (χ1n) is 8.85. The first-order valence-corrected chi connectivity index (χ1v) is 9.99. The van der Waals surface area contributed by atoms with Crippen molar-refractivity contribution in [1.82, 2.24) is 0 Å². The number of benzene rings is 3. The Labute approximate surface area is 183 Å². The summed E-state index contributed by atoms with van der Waals surface area (Å²) in [5.41, 5.74) is 3.36. The van der Waals surface area contributed by atoms with Crippen LogP contribution in [0.2, 0.25) is 15.1 Å². The summed E-state index contributed by atoms with van der Waals surface area (Å²) in [5.74, 6) is 0.221. The van der Waals surface area contributed by atoms with Gasteiger partial charge in [0.15, 0.2) is 0 Å². The van der Waals surface area contributed by atoms with Crippen molar-refractivity contribution in [2.75, 3.05) is 4.90 Å². The van der Waals surface area contributed by atoms with Crippen LogP contribution in [0.25, 0.3) is 6.08 Å². The average molecular weight is 442 g/mol. The minimum absolute atomic E-state index is 0.253. The van der Waals surface area contributed by atoms with E-state index < -0.39 is 0 Å². The number of halogens is 3. The Balaban J connectivity index is 1.87. The number of amidine groups is 1. The predicted octanol–water partition coefficient (Wildman–Crippen LogP) is 6.79. The van der Waals surface area contributed by atoms with E-state index in [-0.39, 0.29) is 11.6 Å². The van der Waals surface area contributed by atoms with Crippen molar-refractivity contribution in [2.45, 2.75) is 6.92 Å². The van der Waals surface area contributed by atoms with Gasteiger partial charge in [-0.1, -0.05) is 65.1 Å². The topological polar surface area (TPSA) is 32.7 Å². The lowest BCUT2D eigenvalue weighted by Crippen LogP contribution is -2.32. The van der Waals surface area contributed by atoms with Gasteiger partial charge in [-0.15, -0.1) is 0 Å². The zero-order valence-electron chi connectivity index (χ0n) is 15.4. The molecule has 4 rings (SSSR count). The fourth-order valence-electron chi connectivity index (χ4n) is 3.11. The first-order chi connectivity index (χ1) is 13.9. The van der Waals surface area contributed by atoms with Gasteiger partial charge in [-0.05, 0) is 60.5 Å². The van der Waals surface area contributed by atoms with E-state index in [1.807, 2.05) is 49.4 Å². The third-order valence-electron chi connectivity index (χ3n) is 4.49. The van der Waals surface area contributed by atoms with E-state index in [1.54, 1.807) is 35.2 Å². The second-order valence-corrected chi connectivity index (χ2v) is 7.84. The van der Waals surface area contributed by atoms with Crippen LogP contribution in [0, 0.1) is 6.92 Å². The predicted molar refractivity (Wildman–Crippen MR) is 121 cm³/mol. The van der Waals surface area contributed by atoms with Gasteiger partial charge >= 0.3 is 0 Å². The number of amides is 1. The summed E-state index contributed by atoms with van der Waals surface area (Å²) < 4.78 is 0. The normalized spacial score (nSPS) is 15.2. The van der Waals surface area contributed by atoms with Gasteiger partial charge < -0.3 is 0 Å². The molecule has 3 nitrogen and oxygen atoms in total. The van der Waals surface area contributed by atoms with Crippen LogP contribution in [-0.2, 0) is 4.79 Å². The molecule has 1 amide bonds. The standard InChI is InChI=1S/C23H15Cl3N2O/c1-14-5-4-6-17(11-14)28-22(18-7-2-3-8-19(18)25)27-21(23(28)29)12-15-9-10-16(24)13-20(15)26/h2-13H,1H3/b21-12+. The number of hydrogen-bond donors (Lipinski definition) is 0. The molecule has 29 heavy (non-hydrogen) atoms. The van der Waals surface area contributed by atoms with Crippen LogP contribution in [0.1, 0.15) is 16.7 Å². The highest BCUT2D eigenvalue weighted by Crippen LogP contribution is 2.32. The summed E-state index contributed by atoms with van der Waals surface area (Å²) in [6, 6.07) is 20.1. The smallest absolute Gasteiger partial charge is 0.266 e. The third-order valence-corrected chi connectivity index (χ3v) is 5.38. The number of rotatable bonds is 3. The van der Waals surface area contributed by atoms with E-state index in [1.165, 1.54) is 0 Å². The molecule has 1 aliphatic heterocycles. The largest absolute Gasteiger partial charge is 0.282 e. The quantitative estimate of drug-likeness (QED) is 0.412. The summed E-state index contributed by atoms with van der Waals surface area (Å²) >= 11 is 18.7. The highest BCUT2D eigenvalue weighted by molar-refractivity contribution is 6.40. The molecule has 0 fully saturated rings. The van der Waals surface area contributed by atoms with E-state index in [4.69, 9.17) is 34.8 Å². The van der Waals surface area contributed by atoms with Crippen LogP contribution in [0.15, 0.2) is 77.4 Å². The van der Waals surface area contributed by atoms with Gasteiger partial charge in [-0.2, -0.15) is 0 Å². The molecule has 3 aromatic carbocycles. The van der Waals surface area contributed by atoms with Crippen molar-refractivity contribution in [3.05, 3.63) is 104 Å². The number of anilines is 1. The lowest BCUT2D eigenvalue weighted by atomic mass is 10.1. The fraction of sp³-hybridized carbons (Fsp3) is 0.0435. The van der Waals surface area contributed by atoms with E-state index in [0.29, 0.717) is 32.0 Å². The second kappa shape index (κ2) is 8.03. The van der Waals surface area contributed by atoms with E-state index in [9.17, 15) is 4.79 Å². The molecule has 0 spiro atoms. The maximum Gasteiger partial charge on any atom is 0.282 e. The number of hydrogen-bond acceptors (Lipinski definition) is 2. The number of nitrogens with zero attached hydrogens (tertiary/aromatic N) is 2. The summed E-state index contributed by atoms with van der Waals surface area (Å²) in [5, 5.41) is 1.49. The van der Waals surface area contributed by atoms with Gasteiger partial charge in [-0.25, -0.2) is 4.99 Å². The van der Waals surface area contributed by atoms with Gasteiger partial charge in [-0.3, -0.25) is 9.69 Å². The molecule has 0 radical (unpaired) electrons. The number of aryl methyl sites for hydroxylation is 1. The Morgan fingerprint density at radius 3 is 2.41 bits per heavy atom. The van der Waals surface area contributed by atoms with Crippen molar-refractivity contribution in [3.8, 4) is 0 Å². The minimum atomic E-state index is -0.253. The molecule has 0 unspecified atom stereocenters. The van der Waals surface area contributed by atoms with Crippen molar-refractivity contribution < 1.29 is 4.79 Å². The Hall–Kier alpha value is -2.59. The highest BCUT2D eigenvalue weighted by atomic mass is 35.5. The summed E-state index contributed by atoms with van der Waals surface area (Å²) in [7, 11) is 0. The van der Waals surface area contributed by atoms with Gasteiger partial charge in [0.05, 0.1) is 10.7 Å². The summed E-state index contributed by atoms with van der Waals surface area (Å²) in [4.78, 5) is 19.5. The SMILES string of the molecule is Cc1cccc(N2C(=O)/C(=C\c3ccc(Cl)cc3Cl)N=C2c2ccccc2Cl)c1. The van der Waals surface area contributed by atoms with Gasteiger partial charge in [0.1, 0.15) is 11.5 Å². The van der Waals surface area contributed by atoms with Crippen LogP contribution >= 0.6 is 34.8 Å². The molecule has 6 heteroatoms. The Morgan fingerprint density at radius 1 is 0.897 bits per heavy atom. The van der Waals surface area contributed by atoms with Crippen molar-refractivity contribution in [2.24, 2.45) is 4.99 Å². The zero-order chi connectivity index (χ0) is 20.5. The maximum atomic E-state index is 13.3. The molecule has 0 saturated heterocycles. The van der Waals surface area contributed by atoms with Crippen LogP contribution in [0.3, 0.4) is 0 Å². The molecule has 1 heterocycles. The maximum absolute atomic E-state index is 13.3. The average Bonchev–Trinajstić information content (AvgIpc) is 3.00. The first kappa shape index (κ1) is 19.7. The van der Waals surface area contributed by atoms with Crippen molar-refractivity contribution in [3.63, 3.8) is 0 Å². The Kier molecular flexibility index (Phi) is 5.46. The zero-order valence-corrected chi connectivity index (χ0v) is 17.6. The Bertz CT molecular complexity index is 1180. The highest BCUT2D eigenvalue weighted by Gasteiger charge is 2.33. The number of carbonyl (C=O) groups is 1. The molecule has 1 aliphatic rings. The molecule has 0 atom stereocenters. The van der Waals surface area contributed by atoms with Gasteiger partial charge in [0.25, 0.3) is 5.91 Å². The van der Waals surface area contributed by atoms with Gasteiger partial charge in [0.2, 0.25) is 0 Å². The summed E-state index contributed by atoms with van der Waals surface area (Å²) in [6.45, 7) is 1.97. The molecular weight excluding hydrogens is 427 g/mol. The number of carbonyl (C=O) groups excluding carboxylic acids is 1. The summed E-state index contributed by atoms with van der Waals surface area (Å²) in [6.07, 6.45) is 1.66.